The summed E-state index contributed by atoms with van der Waals surface area (Å²) in [6, 6.07) is 14.5. The largest absolute Gasteiger partial charge is 0.507 e. The number of hydrogen-bond acceptors (Lipinski definition) is 8. The minimum atomic E-state index is -0.541. The number of aliphatic imine (C=N–C) groups is 1. The van der Waals surface area contributed by atoms with Crippen LogP contribution < -0.4 is 0 Å². The molecule has 0 saturated carbocycles. The van der Waals surface area contributed by atoms with Gasteiger partial charge < -0.3 is 5.11 Å². The van der Waals surface area contributed by atoms with Crippen LogP contribution in [0.5, 0.6) is 5.75 Å². The van der Waals surface area contributed by atoms with Crippen molar-refractivity contribution in [2.24, 2.45) is 4.99 Å². The minimum Gasteiger partial charge on any atom is -0.507 e. The Hall–Kier alpha value is -3.63. The van der Waals surface area contributed by atoms with Crippen molar-refractivity contribution in [3.05, 3.63) is 87.7 Å². The van der Waals surface area contributed by atoms with Gasteiger partial charge in [0.1, 0.15) is 11.6 Å². The zero-order chi connectivity index (χ0) is 22.7. The van der Waals surface area contributed by atoms with E-state index in [-0.39, 0.29) is 34.4 Å². The molecule has 0 saturated heterocycles. The molecule has 3 aromatic carbocycles. The Bertz CT molecular complexity index is 1350. The lowest BCUT2D eigenvalue weighted by molar-refractivity contribution is -0.384. The smallest absolute Gasteiger partial charge is 0.270 e. The number of halogens is 1. The van der Waals surface area contributed by atoms with Crippen LogP contribution in [0.2, 0.25) is 0 Å². The number of nitro groups is 1. The monoisotopic (exact) mass is 467 g/mol. The van der Waals surface area contributed by atoms with Gasteiger partial charge in [-0.1, -0.05) is 11.8 Å². The van der Waals surface area contributed by atoms with Crippen LogP contribution in [0, 0.1) is 15.9 Å². The van der Waals surface area contributed by atoms with Crippen molar-refractivity contribution in [3.8, 4) is 5.75 Å². The first-order valence-corrected chi connectivity index (χ1v) is 11.0. The highest BCUT2D eigenvalue weighted by Gasteiger charge is 2.11. The number of nitrogens with zero attached hydrogens (tertiary/aromatic N) is 3. The average molecular weight is 468 g/mol. The van der Waals surface area contributed by atoms with E-state index in [1.165, 1.54) is 71.8 Å². The Morgan fingerprint density at radius 1 is 1.19 bits per heavy atom. The van der Waals surface area contributed by atoms with E-state index in [1.54, 1.807) is 12.1 Å². The maximum absolute atomic E-state index is 13.0. The first-order chi connectivity index (χ1) is 15.4. The number of phenolic OH excluding ortho intramolecular Hbond substituents is 1. The topological polar surface area (TPSA) is 106 Å². The van der Waals surface area contributed by atoms with E-state index >= 15 is 0 Å². The number of ketones is 1. The molecule has 160 valence electrons. The molecule has 7 nitrogen and oxygen atoms in total. The fraction of sp³-hybridized carbons (Fsp3) is 0.0455. The predicted octanol–water partition coefficient (Wildman–Crippen LogP) is 5.77. The van der Waals surface area contributed by atoms with Crippen LogP contribution in [0.3, 0.4) is 0 Å². The van der Waals surface area contributed by atoms with Crippen molar-refractivity contribution in [1.29, 1.82) is 0 Å². The molecule has 0 aliphatic heterocycles. The maximum atomic E-state index is 13.0. The molecule has 0 fully saturated rings. The highest BCUT2D eigenvalue weighted by Crippen LogP contribution is 2.32. The number of rotatable bonds is 7. The van der Waals surface area contributed by atoms with Crippen LogP contribution in [-0.4, -0.2) is 32.8 Å². The molecule has 32 heavy (non-hydrogen) atoms. The Labute approximate surface area is 189 Å². The lowest BCUT2D eigenvalue weighted by Crippen LogP contribution is -2.01. The van der Waals surface area contributed by atoms with E-state index in [0.29, 0.717) is 15.6 Å². The van der Waals surface area contributed by atoms with Gasteiger partial charge in [0, 0.05) is 29.5 Å². The van der Waals surface area contributed by atoms with Gasteiger partial charge in [-0.05, 0) is 48.5 Å². The van der Waals surface area contributed by atoms with Gasteiger partial charge in [-0.15, -0.1) is 11.3 Å². The molecule has 4 aromatic rings. The van der Waals surface area contributed by atoms with Gasteiger partial charge in [-0.2, -0.15) is 0 Å². The van der Waals surface area contributed by atoms with Crippen molar-refractivity contribution in [3.63, 3.8) is 0 Å². The molecule has 0 unspecified atom stereocenters. The molecular formula is C22H14FN3O4S2. The molecule has 1 N–H and O–H groups in total. The van der Waals surface area contributed by atoms with E-state index in [1.807, 2.05) is 6.07 Å². The summed E-state index contributed by atoms with van der Waals surface area (Å²) in [6.45, 7) is 0. The Kier molecular flexibility index (Phi) is 6.24. The molecule has 0 amide bonds. The van der Waals surface area contributed by atoms with Gasteiger partial charge in [0.2, 0.25) is 0 Å². The van der Waals surface area contributed by atoms with Gasteiger partial charge in [0.15, 0.2) is 10.1 Å². The number of aromatic nitrogens is 1. The molecule has 0 radical (unpaired) electrons. The molecule has 1 heterocycles. The van der Waals surface area contributed by atoms with Crippen LogP contribution in [0.15, 0.2) is 70.0 Å². The first kappa shape index (κ1) is 21.6. The number of hydrogen-bond donors (Lipinski definition) is 1. The van der Waals surface area contributed by atoms with Crippen molar-refractivity contribution in [1.82, 2.24) is 4.98 Å². The summed E-state index contributed by atoms with van der Waals surface area (Å²) in [5, 5.41) is 20.8. The van der Waals surface area contributed by atoms with Crippen molar-refractivity contribution in [2.45, 2.75) is 4.34 Å². The van der Waals surface area contributed by atoms with Crippen LogP contribution in [0.1, 0.15) is 15.9 Å². The van der Waals surface area contributed by atoms with Gasteiger partial charge >= 0.3 is 0 Å². The van der Waals surface area contributed by atoms with Crippen molar-refractivity contribution in [2.75, 3.05) is 5.75 Å². The summed E-state index contributed by atoms with van der Waals surface area (Å²) in [5.74, 6) is -0.429. The van der Waals surface area contributed by atoms with E-state index in [9.17, 15) is 24.4 Å². The standard InChI is InChI=1S/C22H14FN3O4S2/c23-15-3-1-13(2-4-15)20(28)12-31-22-25-18-7-5-16(10-21(18)32-22)24-11-14-9-17(26(29)30)6-8-19(14)27/h1-11,27H,12H2. The number of carbonyl (C=O) groups is 1. The highest BCUT2D eigenvalue weighted by atomic mass is 32.2. The van der Waals surface area contributed by atoms with Gasteiger partial charge in [-0.3, -0.25) is 19.9 Å². The number of non-ortho nitro benzene ring substituents is 1. The summed E-state index contributed by atoms with van der Waals surface area (Å²) >= 11 is 2.71. The number of nitro benzene ring substituents is 1. The second kappa shape index (κ2) is 9.25. The second-order valence-corrected chi connectivity index (χ2v) is 8.86. The Balaban J connectivity index is 1.48. The summed E-state index contributed by atoms with van der Waals surface area (Å²) in [7, 11) is 0. The molecular weight excluding hydrogens is 453 g/mol. The number of carbonyl (C=O) groups excluding carboxylic acids is 1. The molecule has 10 heteroatoms. The highest BCUT2D eigenvalue weighted by molar-refractivity contribution is 8.01. The Morgan fingerprint density at radius 3 is 2.72 bits per heavy atom. The molecule has 4 rings (SSSR count). The molecule has 0 aliphatic rings. The van der Waals surface area contributed by atoms with E-state index in [4.69, 9.17) is 0 Å². The summed E-state index contributed by atoms with van der Waals surface area (Å²) in [6.07, 6.45) is 1.36. The summed E-state index contributed by atoms with van der Waals surface area (Å²) in [5.41, 5.74) is 1.88. The average Bonchev–Trinajstić information content (AvgIpc) is 3.19. The lowest BCUT2D eigenvalue weighted by Gasteiger charge is -1.99. The number of thiazole rings is 1. The quantitative estimate of drug-likeness (QED) is 0.122. The zero-order valence-electron chi connectivity index (χ0n) is 16.3. The summed E-state index contributed by atoms with van der Waals surface area (Å²) < 4.78 is 14.6. The van der Waals surface area contributed by atoms with Crippen LogP contribution in [-0.2, 0) is 0 Å². The third kappa shape index (κ3) is 4.98. The maximum Gasteiger partial charge on any atom is 0.270 e. The number of Topliss-reactive ketones (excluding diaryl/α,β-unsaturated/α-hetero) is 1. The molecule has 0 spiro atoms. The third-order valence-electron chi connectivity index (χ3n) is 4.42. The third-order valence-corrected chi connectivity index (χ3v) is 6.58. The van der Waals surface area contributed by atoms with Gasteiger partial charge in [0.05, 0.1) is 26.6 Å². The number of thioether (sulfide) groups is 1. The van der Waals surface area contributed by atoms with Crippen molar-refractivity contribution < 1.29 is 19.2 Å². The molecule has 0 bridgehead atoms. The fourth-order valence-electron chi connectivity index (χ4n) is 2.78. The van der Waals surface area contributed by atoms with Gasteiger partial charge in [-0.25, -0.2) is 9.37 Å². The van der Waals surface area contributed by atoms with Crippen LogP contribution in [0.25, 0.3) is 10.2 Å². The van der Waals surface area contributed by atoms with Crippen molar-refractivity contribution >= 4 is 56.7 Å². The number of fused-ring (bicyclic) bond motifs is 1. The number of benzene rings is 3. The number of aromatic hydroxyl groups is 1. The lowest BCUT2D eigenvalue weighted by atomic mass is 10.1. The van der Waals surface area contributed by atoms with E-state index in [2.05, 4.69) is 9.98 Å². The minimum absolute atomic E-state index is 0.109. The van der Waals surface area contributed by atoms with Crippen LogP contribution >= 0.6 is 23.1 Å². The molecule has 0 atom stereocenters. The fourth-order valence-corrected chi connectivity index (χ4v) is 4.78. The Morgan fingerprint density at radius 2 is 1.97 bits per heavy atom. The SMILES string of the molecule is O=C(CSc1nc2ccc(N=Cc3cc([N+](=O)[O-])ccc3O)cc2s1)c1ccc(F)cc1. The predicted molar refractivity (Wildman–Crippen MR) is 123 cm³/mol. The first-order valence-electron chi connectivity index (χ1n) is 9.23. The summed E-state index contributed by atoms with van der Waals surface area (Å²) in [4.78, 5) is 31.4. The van der Waals surface area contributed by atoms with Gasteiger partial charge in [0.25, 0.3) is 5.69 Å². The molecule has 1 aromatic heterocycles. The van der Waals surface area contributed by atoms with E-state index < -0.39 is 4.92 Å². The number of phenols is 1. The molecule has 0 aliphatic carbocycles. The normalized spacial score (nSPS) is 11.3. The van der Waals surface area contributed by atoms with E-state index in [0.717, 1.165) is 10.2 Å². The zero-order valence-corrected chi connectivity index (χ0v) is 17.9. The second-order valence-electron chi connectivity index (χ2n) is 6.61. The van der Waals surface area contributed by atoms with Crippen LogP contribution in [0.4, 0.5) is 15.8 Å².